The van der Waals surface area contributed by atoms with Gasteiger partial charge in [-0.15, -0.1) is 0 Å². The first-order valence-corrected chi connectivity index (χ1v) is 5.91. The van der Waals surface area contributed by atoms with Gasteiger partial charge in [-0.1, -0.05) is 6.92 Å². The summed E-state index contributed by atoms with van der Waals surface area (Å²) in [6, 6.07) is 0. The fraction of sp³-hybridized carbons (Fsp3) is 0.818. The zero-order chi connectivity index (χ0) is 11.6. The summed E-state index contributed by atoms with van der Waals surface area (Å²) in [6.45, 7) is 3.90. The van der Waals surface area contributed by atoms with Gasteiger partial charge in [0.15, 0.2) is 0 Å². The number of aliphatic hydroxyl groups is 1. The predicted molar refractivity (Wildman–Crippen MR) is 60.9 cm³/mol. The van der Waals surface area contributed by atoms with Crippen molar-refractivity contribution in [2.24, 2.45) is 13.0 Å². The van der Waals surface area contributed by atoms with Crippen LogP contribution in [0.2, 0.25) is 0 Å². The lowest BCUT2D eigenvalue weighted by Gasteiger charge is -2.39. The van der Waals surface area contributed by atoms with Crippen molar-refractivity contribution in [1.82, 2.24) is 20.1 Å². The summed E-state index contributed by atoms with van der Waals surface area (Å²) in [5, 5.41) is 18.1. The molecule has 5 nitrogen and oxygen atoms in total. The molecule has 0 spiro atoms. The summed E-state index contributed by atoms with van der Waals surface area (Å²) < 4.78 is 1.74. The molecule has 0 aliphatic carbocycles. The van der Waals surface area contributed by atoms with E-state index in [4.69, 9.17) is 0 Å². The van der Waals surface area contributed by atoms with Crippen molar-refractivity contribution >= 4 is 0 Å². The topological polar surface area (TPSA) is 63.0 Å². The minimum Gasteiger partial charge on any atom is -0.389 e. The highest BCUT2D eigenvalue weighted by atomic mass is 16.3. The average Bonchev–Trinajstić information content (AvgIpc) is 2.64. The number of nitrogens with zero attached hydrogens (tertiary/aromatic N) is 3. The Kier molecular flexibility index (Phi) is 3.25. The van der Waals surface area contributed by atoms with E-state index in [-0.39, 0.29) is 0 Å². The summed E-state index contributed by atoms with van der Waals surface area (Å²) in [4.78, 5) is 4.20. The molecule has 0 radical (unpaired) electrons. The molecule has 2 atom stereocenters. The van der Waals surface area contributed by atoms with Gasteiger partial charge in [-0.3, -0.25) is 4.68 Å². The molecule has 2 unspecified atom stereocenters. The summed E-state index contributed by atoms with van der Waals surface area (Å²) in [5.74, 6) is 1.17. The van der Waals surface area contributed by atoms with Gasteiger partial charge in [0, 0.05) is 25.9 Å². The molecule has 1 aromatic rings. The number of aromatic nitrogens is 3. The first-order chi connectivity index (χ1) is 7.65. The quantitative estimate of drug-likeness (QED) is 0.765. The maximum absolute atomic E-state index is 10.7. The number of piperidine rings is 1. The van der Waals surface area contributed by atoms with Gasteiger partial charge in [0.2, 0.25) is 0 Å². The molecule has 5 heteroatoms. The second-order valence-corrected chi connectivity index (χ2v) is 4.64. The molecule has 2 N–H and O–H groups in total. The zero-order valence-corrected chi connectivity index (χ0v) is 9.98. The van der Waals surface area contributed by atoms with Crippen LogP contribution in [0.1, 0.15) is 25.6 Å². The maximum atomic E-state index is 10.7. The van der Waals surface area contributed by atoms with Crippen LogP contribution < -0.4 is 5.32 Å². The Morgan fingerprint density at radius 2 is 2.50 bits per heavy atom. The zero-order valence-electron chi connectivity index (χ0n) is 9.98. The molecule has 2 heterocycles. The lowest BCUT2D eigenvalue weighted by molar-refractivity contribution is -0.0434. The van der Waals surface area contributed by atoms with Gasteiger partial charge in [0.1, 0.15) is 12.2 Å². The van der Waals surface area contributed by atoms with E-state index in [0.29, 0.717) is 12.3 Å². The van der Waals surface area contributed by atoms with E-state index in [1.807, 2.05) is 7.05 Å². The van der Waals surface area contributed by atoms with Crippen molar-refractivity contribution in [3.8, 4) is 0 Å². The Labute approximate surface area is 95.9 Å². The lowest BCUT2D eigenvalue weighted by Crippen LogP contribution is -2.51. The van der Waals surface area contributed by atoms with Crippen molar-refractivity contribution < 1.29 is 5.11 Å². The first kappa shape index (κ1) is 11.5. The number of hydrogen-bond donors (Lipinski definition) is 2. The van der Waals surface area contributed by atoms with E-state index in [1.54, 1.807) is 11.0 Å². The van der Waals surface area contributed by atoms with E-state index in [0.717, 1.165) is 31.8 Å². The number of rotatable bonds is 3. The van der Waals surface area contributed by atoms with Crippen molar-refractivity contribution in [2.45, 2.75) is 31.8 Å². The fourth-order valence-corrected chi connectivity index (χ4v) is 2.49. The molecular formula is C11H20N4O. The highest BCUT2D eigenvalue weighted by molar-refractivity contribution is 5.00. The summed E-state index contributed by atoms with van der Waals surface area (Å²) >= 11 is 0. The molecule has 0 saturated carbocycles. The SMILES string of the molecule is CCC1CNCCC1(O)Cc1ncnn1C. The van der Waals surface area contributed by atoms with E-state index in [2.05, 4.69) is 22.3 Å². The molecule has 1 aliphatic heterocycles. The minimum absolute atomic E-state index is 0.304. The molecule has 90 valence electrons. The van der Waals surface area contributed by atoms with Crippen LogP contribution in [0.4, 0.5) is 0 Å². The maximum Gasteiger partial charge on any atom is 0.138 e. The Hall–Kier alpha value is -0.940. The summed E-state index contributed by atoms with van der Waals surface area (Å²) in [5.41, 5.74) is -0.624. The monoisotopic (exact) mass is 224 g/mol. The summed E-state index contributed by atoms with van der Waals surface area (Å²) in [7, 11) is 1.87. The third-order valence-corrected chi connectivity index (χ3v) is 3.65. The number of hydrogen-bond acceptors (Lipinski definition) is 4. The standard InChI is InChI=1S/C11H20N4O/c1-3-9-7-12-5-4-11(9,16)6-10-13-8-14-15(10)2/h8-9,12,16H,3-7H2,1-2H3. The average molecular weight is 224 g/mol. The highest BCUT2D eigenvalue weighted by Gasteiger charge is 2.38. The van der Waals surface area contributed by atoms with Gasteiger partial charge in [-0.2, -0.15) is 5.10 Å². The third kappa shape index (κ3) is 2.10. The molecule has 1 saturated heterocycles. The largest absolute Gasteiger partial charge is 0.389 e. The van der Waals surface area contributed by atoms with E-state index in [1.165, 1.54) is 0 Å². The molecule has 0 bridgehead atoms. The molecule has 0 aromatic carbocycles. The van der Waals surface area contributed by atoms with Crippen LogP contribution in [-0.2, 0) is 13.5 Å². The van der Waals surface area contributed by atoms with Crippen LogP contribution in [-0.4, -0.2) is 38.6 Å². The molecule has 1 aliphatic rings. The first-order valence-electron chi connectivity index (χ1n) is 5.91. The fourth-order valence-electron chi connectivity index (χ4n) is 2.49. The highest BCUT2D eigenvalue weighted by Crippen LogP contribution is 2.29. The Bertz CT molecular complexity index is 352. The van der Waals surface area contributed by atoms with Gasteiger partial charge in [-0.25, -0.2) is 4.98 Å². The van der Waals surface area contributed by atoms with Gasteiger partial charge in [0.05, 0.1) is 5.60 Å². The number of aryl methyl sites for hydroxylation is 1. The van der Waals surface area contributed by atoms with Crippen molar-refractivity contribution in [1.29, 1.82) is 0 Å². The Morgan fingerprint density at radius 1 is 1.69 bits per heavy atom. The third-order valence-electron chi connectivity index (χ3n) is 3.65. The van der Waals surface area contributed by atoms with Crippen LogP contribution in [0.3, 0.4) is 0 Å². The Balaban J connectivity index is 2.14. The van der Waals surface area contributed by atoms with E-state index in [9.17, 15) is 5.11 Å². The molecular weight excluding hydrogens is 204 g/mol. The van der Waals surface area contributed by atoms with Crippen LogP contribution >= 0.6 is 0 Å². The van der Waals surface area contributed by atoms with E-state index >= 15 is 0 Å². The van der Waals surface area contributed by atoms with Crippen LogP contribution in [0.5, 0.6) is 0 Å². The number of nitrogens with one attached hydrogen (secondary N) is 1. The predicted octanol–water partition coefficient (Wildman–Crippen LogP) is 0.108. The van der Waals surface area contributed by atoms with Crippen LogP contribution in [0.25, 0.3) is 0 Å². The van der Waals surface area contributed by atoms with E-state index < -0.39 is 5.60 Å². The summed E-state index contributed by atoms with van der Waals surface area (Å²) in [6.07, 6.45) is 3.92. The minimum atomic E-state index is -0.624. The molecule has 1 aromatic heterocycles. The lowest BCUT2D eigenvalue weighted by atomic mass is 9.77. The normalized spacial score (nSPS) is 30.6. The Morgan fingerprint density at radius 3 is 3.12 bits per heavy atom. The molecule has 16 heavy (non-hydrogen) atoms. The second kappa shape index (κ2) is 4.51. The van der Waals surface area contributed by atoms with Crippen molar-refractivity contribution in [3.63, 3.8) is 0 Å². The van der Waals surface area contributed by atoms with Crippen LogP contribution in [0, 0.1) is 5.92 Å². The van der Waals surface area contributed by atoms with Crippen molar-refractivity contribution in [2.75, 3.05) is 13.1 Å². The van der Waals surface area contributed by atoms with Gasteiger partial charge >= 0.3 is 0 Å². The van der Waals surface area contributed by atoms with Crippen molar-refractivity contribution in [3.05, 3.63) is 12.2 Å². The van der Waals surface area contributed by atoms with Gasteiger partial charge < -0.3 is 10.4 Å². The molecule has 0 amide bonds. The molecule has 1 fully saturated rings. The molecule has 2 rings (SSSR count). The second-order valence-electron chi connectivity index (χ2n) is 4.64. The van der Waals surface area contributed by atoms with Gasteiger partial charge in [-0.05, 0) is 19.4 Å². The van der Waals surface area contributed by atoms with Crippen LogP contribution in [0.15, 0.2) is 6.33 Å². The smallest absolute Gasteiger partial charge is 0.138 e. The van der Waals surface area contributed by atoms with Gasteiger partial charge in [0.25, 0.3) is 0 Å².